The fraction of sp³-hybridized carbons (Fsp3) is 0.467. The summed E-state index contributed by atoms with van der Waals surface area (Å²) in [5.74, 6) is -0.0847. The molecule has 3 amide bonds. The third-order valence-corrected chi connectivity index (χ3v) is 4.82. The molecule has 1 aromatic rings. The summed E-state index contributed by atoms with van der Waals surface area (Å²) in [7, 11) is 0. The van der Waals surface area contributed by atoms with Crippen LogP contribution in [0.3, 0.4) is 0 Å². The lowest BCUT2D eigenvalue weighted by molar-refractivity contribution is -0.129. The fourth-order valence-corrected chi connectivity index (χ4v) is 2.96. The molecule has 7 nitrogen and oxygen atoms in total. The quantitative estimate of drug-likeness (QED) is 0.654. The number of amides is 3. The Morgan fingerprint density at radius 3 is 2.78 bits per heavy atom. The van der Waals surface area contributed by atoms with Crippen molar-refractivity contribution in [1.82, 2.24) is 20.9 Å². The van der Waals surface area contributed by atoms with Gasteiger partial charge in [-0.2, -0.15) is 0 Å². The van der Waals surface area contributed by atoms with Crippen molar-refractivity contribution in [3.63, 3.8) is 0 Å². The average Bonchev–Trinajstić information content (AvgIpc) is 2.54. The summed E-state index contributed by atoms with van der Waals surface area (Å²) in [4.78, 5) is 39.5. The lowest BCUT2D eigenvalue weighted by Crippen LogP contribution is -2.57. The second-order valence-corrected chi connectivity index (χ2v) is 7.28. The van der Waals surface area contributed by atoms with Gasteiger partial charge in [0.2, 0.25) is 11.8 Å². The molecule has 1 fully saturated rings. The molecule has 1 saturated heterocycles. The molecule has 0 unspecified atom stereocenters. The molecule has 3 N–H and O–H groups in total. The fourth-order valence-electron chi connectivity index (χ4n) is 1.96. The Bertz CT molecular complexity index is 592. The highest BCUT2D eigenvalue weighted by atomic mass is 32.2. The molecule has 0 radical (unpaired) electrons. The van der Waals surface area contributed by atoms with Crippen LogP contribution in [0.15, 0.2) is 24.5 Å². The van der Waals surface area contributed by atoms with Crippen LogP contribution in [0, 0.1) is 0 Å². The highest BCUT2D eigenvalue weighted by molar-refractivity contribution is 8.01. The Labute approximate surface area is 139 Å². The van der Waals surface area contributed by atoms with Crippen LogP contribution in [-0.2, 0) is 9.59 Å². The van der Waals surface area contributed by atoms with Crippen LogP contribution in [0.1, 0.15) is 24.2 Å². The first-order valence-electron chi connectivity index (χ1n) is 7.31. The predicted octanol–water partition coefficient (Wildman–Crippen LogP) is -0.0622. The molecule has 0 aliphatic carbocycles. The van der Waals surface area contributed by atoms with Crippen LogP contribution in [0.5, 0.6) is 0 Å². The van der Waals surface area contributed by atoms with Crippen LogP contribution >= 0.6 is 11.8 Å². The van der Waals surface area contributed by atoms with Gasteiger partial charge in [0.1, 0.15) is 6.04 Å². The molecule has 2 rings (SSSR count). The van der Waals surface area contributed by atoms with E-state index >= 15 is 0 Å². The molecule has 0 saturated carbocycles. The molecule has 1 aliphatic heterocycles. The maximum atomic E-state index is 12.0. The molecule has 1 atom stereocenters. The predicted molar refractivity (Wildman–Crippen MR) is 88.0 cm³/mol. The zero-order valence-electron chi connectivity index (χ0n) is 13.1. The Morgan fingerprint density at radius 2 is 2.13 bits per heavy atom. The normalized spacial score (nSPS) is 19.6. The molecule has 0 bridgehead atoms. The van der Waals surface area contributed by atoms with Gasteiger partial charge in [-0.3, -0.25) is 19.4 Å². The van der Waals surface area contributed by atoms with Gasteiger partial charge < -0.3 is 16.0 Å². The van der Waals surface area contributed by atoms with E-state index in [1.165, 1.54) is 18.0 Å². The summed E-state index contributed by atoms with van der Waals surface area (Å²) < 4.78 is -0.505. The average molecular weight is 336 g/mol. The number of rotatable bonds is 5. The van der Waals surface area contributed by atoms with Gasteiger partial charge in [0, 0.05) is 31.2 Å². The number of thioether (sulfide) groups is 1. The Balaban J connectivity index is 1.69. The number of carbonyl (C=O) groups excluding carboxylic acids is 3. The highest BCUT2D eigenvalue weighted by Gasteiger charge is 2.37. The number of hydrogen-bond donors (Lipinski definition) is 3. The second-order valence-electron chi connectivity index (χ2n) is 5.64. The molecule has 0 aromatic carbocycles. The largest absolute Gasteiger partial charge is 0.353 e. The van der Waals surface area contributed by atoms with Crippen LogP contribution in [0.4, 0.5) is 0 Å². The zero-order valence-corrected chi connectivity index (χ0v) is 13.9. The minimum absolute atomic E-state index is 0.140. The molecule has 2 heterocycles. The van der Waals surface area contributed by atoms with E-state index in [-0.39, 0.29) is 17.7 Å². The number of nitrogens with zero attached hydrogens (tertiary/aromatic N) is 1. The van der Waals surface area contributed by atoms with Crippen LogP contribution < -0.4 is 16.0 Å². The molecular weight excluding hydrogens is 316 g/mol. The molecule has 124 valence electrons. The van der Waals surface area contributed by atoms with Gasteiger partial charge in [0.25, 0.3) is 5.91 Å². The van der Waals surface area contributed by atoms with E-state index in [9.17, 15) is 14.4 Å². The number of pyridine rings is 1. The number of hydrogen-bond acceptors (Lipinski definition) is 5. The van der Waals surface area contributed by atoms with Crippen molar-refractivity contribution >= 4 is 29.5 Å². The molecule has 1 aromatic heterocycles. The van der Waals surface area contributed by atoms with E-state index in [1.807, 2.05) is 13.8 Å². The third-order valence-electron chi connectivity index (χ3n) is 3.41. The monoisotopic (exact) mass is 336 g/mol. The maximum absolute atomic E-state index is 12.0. The van der Waals surface area contributed by atoms with Crippen molar-refractivity contribution in [2.75, 3.05) is 18.8 Å². The van der Waals surface area contributed by atoms with E-state index in [4.69, 9.17) is 0 Å². The van der Waals surface area contributed by atoms with Crippen LogP contribution in [-0.4, -0.2) is 52.3 Å². The number of aromatic nitrogens is 1. The van der Waals surface area contributed by atoms with Gasteiger partial charge in [-0.25, -0.2) is 0 Å². The van der Waals surface area contributed by atoms with Gasteiger partial charge in [0.05, 0.1) is 10.3 Å². The van der Waals surface area contributed by atoms with Crippen LogP contribution in [0.25, 0.3) is 0 Å². The summed E-state index contributed by atoms with van der Waals surface area (Å²) >= 11 is 1.46. The van der Waals surface area contributed by atoms with Crippen molar-refractivity contribution in [3.8, 4) is 0 Å². The van der Waals surface area contributed by atoms with E-state index in [0.717, 1.165) is 0 Å². The van der Waals surface area contributed by atoms with Crippen LogP contribution in [0.2, 0.25) is 0 Å². The number of carbonyl (C=O) groups is 3. The Kier molecular flexibility index (Phi) is 5.59. The second kappa shape index (κ2) is 7.45. The van der Waals surface area contributed by atoms with E-state index in [0.29, 0.717) is 24.4 Å². The summed E-state index contributed by atoms with van der Waals surface area (Å²) in [6.07, 6.45) is 3.07. The maximum Gasteiger partial charge on any atom is 0.252 e. The van der Waals surface area contributed by atoms with Gasteiger partial charge >= 0.3 is 0 Å². The van der Waals surface area contributed by atoms with Crippen molar-refractivity contribution in [2.24, 2.45) is 0 Å². The summed E-state index contributed by atoms with van der Waals surface area (Å²) in [6, 6.07) is 2.81. The van der Waals surface area contributed by atoms with Gasteiger partial charge in [-0.15, -0.1) is 11.8 Å². The summed E-state index contributed by atoms with van der Waals surface area (Å²) in [5.41, 5.74) is 0.469. The van der Waals surface area contributed by atoms with Crippen molar-refractivity contribution in [1.29, 1.82) is 0 Å². The number of nitrogens with one attached hydrogen (secondary N) is 3. The Hall–Kier alpha value is -2.09. The van der Waals surface area contributed by atoms with Gasteiger partial charge in [0.15, 0.2) is 0 Å². The SMILES string of the molecule is CC1(C)SC[C@H](C(=O)NCCNC(=O)c2cccnc2)NC1=O. The lowest BCUT2D eigenvalue weighted by Gasteiger charge is -2.32. The molecule has 1 aliphatic rings. The third kappa shape index (κ3) is 4.69. The highest BCUT2D eigenvalue weighted by Crippen LogP contribution is 2.28. The summed E-state index contributed by atoms with van der Waals surface area (Å²) in [6.45, 7) is 4.26. The van der Waals surface area contributed by atoms with Gasteiger partial charge in [-0.1, -0.05) is 0 Å². The Morgan fingerprint density at radius 1 is 1.39 bits per heavy atom. The molecule has 23 heavy (non-hydrogen) atoms. The van der Waals surface area contributed by atoms with E-state index in [1.54, 1.807) is 18.3 Å². The minimum atomic E-state index is -0.533. The smallest absolute Gasteiger partial charge is 0.252 e. The zero-order chi connectivity index (χ0) is 16.9. The first-order valence-corrected chi connectivity index (χ1v) is 8.29. The van der Waals surface area contributed by atoms with Crippen molar-refractivity contribution in [3.05, 3.63) is 30.1 Å². The van der Waals surface area contributed by atoms with E-state index in [2.05, 4.69) is 20.9 Å². The standard InChI is InChI=1S/C15H20N4O3S/c1-15(2)14(22)19-11(9-23-15)13(21)18-7-6-17-12(20)10-4-3-5-16-8-10/h3-5,8,11H,6-7,9H2,1-2H3,(H,17,20)(H,18,21)(H,19,22)/t11-/m1/s1. The molecular formula is C15H20N4O3S. The van der Waals surface area contributed by atoms with E-state index < -0.39 is 10.8 Å². The summed E-state index contributed by atoms with van der Waals surface area (Å²) in [5, 5.41) is 8.12. The molecule has 8 heteroatoms. The minimum Gasteiger partial charge on any atom is -0.353 e. The first-order chi connectivity index (χ1) is 10.9. The van der Waals surface area contributed by atoms with Crippen molar-refractivity contribution < 1.29 is 14.4 Å². The van der Waals surface area contributed by atoms with Gasteiger partial charge in [-0.05, 0) is 26.0 Å². The topological polar surface area (TPSA) is 100 Å². The first kappa shape index (κ1) is 17.3. The lowest BCUT2D eigenvalue weighted by atomic mass is 10.1. The van der Waals surface area contributed by atoms with Crippen molar-refractivity contribution in [2.45, 2.75) is 24.6 Å². The molecule has 0 spiro atoms.